The molecule has 0 saturated heterocycles. The van der Waals surface area contributed by atoms with E-state index in [1.54, 1.807) is 40.2 Å². The van der Waals surface area contributed by atoms with Gasteiger partial charge in [0.25, 0.3) is 5.56 Å². The molecule has 4 rings (SSSR count). The van der Waals surface area contributed by atoms with Crippen molar-refractivity contribution < 1.29 is 0 Å². The first kappa shape index (κ1) is 21.3. The number of thiophene rings is 1. The third kappa shape index (κ3) is 3.87. The van der Waals surface area contributed by atoms with Crippen molar-refractivity contribution in [3.63, 3.8) is 0 Å². The van der Waals surface area contributed by atoms with Crippen molar-refractivity contribution in [3.05, 3.63) is 60.6 Å². The Morgan fingerprint density at radius 3 is 2.73 bits per heavy atom. The number of aromatic nitrogens is 2. The van der Waals surface area contributed by atoms with Gasteiger partial charge in [0.05, 0.1) is 11.1 Å². The second-order valence-corrected chi connectivity index (χ2v) is 9.53. The summed E-state index contributed by atoms with van der Waals surface area (Å²) < 4.78 is 3.09. The number of halogens is 1. The second-order valence-electron chi connectivity index (χ2n) is 8.01. The molecule has 0 aliphatic carbocycles. The molecule has 0 atom stereocenters. The number of aryl methyl sites for hydroxylation is 1. The lowest BCUT2D eigenvalue weighted by molar-refractivity contribution is 0.272. The van der Waals surface area contributed by atoms with E-state index in [1.165, 1.54) is 9.44 Å². The van der Waals surface area contributed by atoms with Gasteiger partial charge >= 0.3 is 5.69 Å². The highest BCUT2D eigenvalue weighted by Gasteiger charge is 2.26. The lowest BCUT2D eigenvalue weighted by atomic mass is 10.1. The van der Waals surface area contributed by atoms with Gasteiger partial charge in [-0.05, 0) is 63.8 Å². The molecule has 0 bridgehead atoms. The molecule has 1 aliphatic heterocycles. The molecule has 0 saturated carbocycles. The number of hydrogen-bond acceptors (Lipinski definition) is 5. The molecule has 0 fully saturated rings. The van der Waals surface area contributed by atoms with Crippen molar-refractivity contribution in [1.82, 2.24) is 18.9 Å². The maximum Gasteiger partial charge on any atom is 0.336 e. The van der Waals surface area contributed by atoms with Crippen LogP contribution in [0.15, 0.2) is 33.9 Å². The van der Waals surface area contributed by atoms with Crippen LogP contribution in [0.4, 0.5) is 0 Å². The summed E-state index contributed by atoms with van der Waals surface area (Å²) in [6, 6.07) is 6.96. The largest absolute Gasteiger partial charge is 0.336 e. The topological polar surface area (TPSA) is 50.5 Å². The van der Waals surface area contributed by atoms with Crippen LogP contribution in [0.25, 0.3) is 15.9 Å². The Bertz CT molecular complexity index is 1190. The van der Waals surface area contributed by atoms with Crippen molar-refractivity contribution >= 4 is 33.2 Å². The van der Waals surface area contributed by atoms with E-state index in [0.29, 0.717) is 22.6 Å². The highest BCUT2D eigenvalue weighted by atomic mass is 35.5. The van der Waals surface area contributed by atoms with E-state index in [2.05, 4.69) is 16.7 Å². The standard InChI is InChI=1S/C22H27ClN4O2S/c1-4-25-12-9-17-18(14-25)30-21-19(17)20(28)27(16-8-5-7-15(23)13-16)22(29)26(21)11-6-10-24(2)3/h5,7-8,13H,4,6,9-12,14H2,1-3H3. The van der Waals surface area contributed by atoms with E-state index in [9.17, 15) is 9.59 Å². The van der Waals surface area contributed by atoms with E-state index in [1.807, 2.05) is 14.1 Å². The molecule has 0 amide bonds. The quantitative estimate of drug-likeness (QED) is 0.583. The SMILES string of the molecule is CCN1CCc2c(sc3c2c(=O)n(-c2cccc(Cl)c2)c(=O)n3CCCN(C)C)C1. The Balaban J connectivity index is 1.96. The van der Waals surface area contributed by atoms with Gasteiger partial charge in [-0.15, -0.1) is 11.3 Å². The summed E-state index contributed by atoms with van der Waals surface area (Å²) >= 11 is 7.78. The highest BCUT2D eigenvalue weighted by Crippen LogP contribution is 2.33. The van der Waals surface area contributed by atoms with Crippen LogP contribution in [0.5, 0.6) is 0 Å². The van der Waals surface area contributed by atoms with Gasteiger partial charge in [-0.1, -0.05) is 24.6 Å². The predicted molar refractivity (Wildman–Crippen MR) is 125 cm³/mol. The molecule has 0 N–H and O–H groups in total. The summed E-state index contributed by atoms with van der Waals surface area (Å²) in [5.74, 6) is 0. The van der Waals surface area contributed by atoms with Crippen LogP contribution in [0.1, 0.15) is 23.8 Å². The van der Waals surface area contributed by atoms with E-state index >= 15 is 0 Å². The van der Waals surface area contributed by atoms with E-state index in [-0.39, 0.29) is 11.2 Å². The second kappa shape index (κ2) is 8.67. The normalized spacial score (nSPS) is 14.6. The highest BCUT2D eigenvalue weighted by molar-refractivity contribution is 7.18. The Kier molecular flexibility index (Phi) is 6.16. The van der Waals surface area contributed by atoms with Crippen LogP contribution in [0.3, 0.4) is 0 Å². The van der Waals surface area contributed by atoms with Gasteiger partial charge in [0.15, 0.2) is 0 Å². The minimum atomic E-state index is -0.292. The molecule has 1 aliphatic rings. The van der Waals surface area contributed by atoms with Gasteiger partial charge in [0, 0.05) is 29.5 Å². The first-order valence-electron chi connectivity index (χ1n) is 10.3. The molecule has 1 aromatic carbocycles. The smallest absolute Gasteiger partial charge is 0.309 e. The molecule has 3 aromatic rings. The van der Waals surface area contributed by atoms with Gasteiger partial charge < -0.3 is 4.90 Å². The lowest BCUT2D eigenvalue weighted by Crippen LogP contribution is -2.39. The number of likely N-dealkylation sites (N-methyl/N-ethyl adjacent to an activating group) is 1. The molecule has 0 unspecified atom stereocenters. The zero-order valence-electron chi connectivity index (χ0n) is 17.7. The third-order valence-electron chi connectivity index (χ3n) is 5.70. The van der Waals surface area contributed by atoms with Gasteiger partial charge in [0.2, 0.25) is 0 Å². The number of hydrogen-bond donors (Lipinski definition) is 0. The summed E-state index contributed by atoms with van der Waals surface area (Å²) in [6.07, 6.45) is 1.67. The van der Waals surface area contributed by atoms with Gasteiger partial charge in [-0.2, -0.15) is 0 Å². The molecule has 160 valence electrons. The molecule has 6 nitrogen and oxygen atoms in total. The van der Waals surface area contributed by atoms with Crippen LogP contribution < -0.4 is 11.2 Å². The van der Waals surface area contributed by atoms with Crippen LogP contribution in [0, 0.1) is 0 Å². The fraction of sp³-hybridized carbons (Fsp3) is 0.455. The average molecular weight is 447 g/mol. The molecular formula is C22H27ClN4O2S. The Hall–Kier alpha value is -1.93. The fourth-order valence-electron chi connectivity index (χ4n) is 4.11. The number of nitrogens with zero attached hydrogens (tertiary/aromatic N) is 4. The predicted octanol–water partition coefficient (Wildman–Crippen LogP) is 3.20. The number of benzene rings is 1. The Morgan fingerprint density at radius 2 is 2.03 bits per heavy atom. The zero-order chi connectivity index (χ0) is 21.4. The molecule has 30 heavy (non-hydrogen) atoms. The zero-order valence-corrected chi connectivity index (χ0v) is 19.2. The average Bonchev–Trinajstić information content (AvgIpc) is 3.09. The minimum absolute atomic E-state index is 0.233. The minimum Gasteiger partial charge on any atom is -0.309 e. The van der Waals surface area contributed by atoms with Gasteiger partial charge in [-0.25, -0.2) is 9.36 Å². The van der Waals surface area contributed by atoms with Crippen LogP contribution in [0.2, 0.25) is 5.02 Å². The maximum absolute atomic E-state index is 13.6. The van der Waals surface area contributed by atoms with Crippen molar-refractivity contribution in [3.8, 4) is 5.69 Å². The molecule has 0 spiro atoms. The molecule has 8 heteroatoms. The first-order valence-corrected chi connectivity index (χ1v) is 11.5. The molecule has 2 aromatic heterocycles. The summed E-state index contributed by atoms with van der Waals surface area (Å²) in [7, 11) is 4.04. The summed E-state index contributed by atoms with van der Waals surface area (Å²) in [5, 5.41) is 1.21. The van der Waals surface area contributed by atoms with Gasteiger partial charge in [-0.3, -0.25) is 14.3 Å². The summed E-state index contributed by atoms with van der Waals surface area (Å²) in [4.78, 5) is 33.6. The molecule has 3 heterocycles. The Labute approximate surface area is 184 Å². The third-order valence-corrected chi connectivity index (χ3v) is 7.18. The van der Waals surface area contributed by atoms with Crippen molar-refractivity contribution in [2.75, 3.05) is 33.7 Å². The van der Waals surface area contributed by atoms with Crippen molar-refractivity contribution in [1.29, 1.82) is 0 Å². The lowest BCUT2D eigenvalue weighted by Gasteiger charge is -2.24. The number of rotatable bonds is 6. The Morgan fingerprint density at radius 1 is 1.23 bits per heavy atom. The summed E-state index contributed by atoms with van der Waals surface area (Å²) in [6.45, 7) is 6.36. The van der Waals surface area contributed by atoms with E-state index < -0.39 is 0 Å². The number of fused-ring (bicyclic) bond motifs is 3. The summed E-state index contributed by atoms with van der Waals surface area (Å²) in [5.41, 5.74) is 1.11. The van der Waals surface area contributed by atoms with Crippen molar-refractivity contribution in [2.24, 2.45) is 0 Å². The van der Waals surface area contributed by atoms with Crippen LogP contribution >= 0.6 is 22.9 Å². The van der Waals surface area contributed by atoms with Crippen LogP contribution in [-0.4, -0.2) is 52.7 Å². The van der Waals surface area contributed by atoms with Crippen LogP contribution in [-0.2, 0) is 19.5 Å². The monoisotopic (exact) mass is 446 g/mol. The molecular weight excluding hydrogens is 420 g/mol. The van der Waals surface area contributed by atoms with Crippen molar-refractivity contribution in [2.45, 2.75) is 32.9 Å². The van der Waals surface area contributed by atoms with E-state index in [0.717, 1.165) is 49.4 Å². The first-order chi connectivity index (χ1) is 14.4. The van der Waals surface area contributed by atoms with E-state index in [4.69, 9.17) is 11.6 Å². The van der Waals surface area contributed by atoms with Gasteiger partial charge in [0.1, 0.15) is 4.83 Å². The maximum atomic E-state index is 13.6. The molecule has 0 radical (unpaired) electrons. The fourth-order valence-corrected chi connectivity index (χ4v) is 5.70.